The maximum Gasteiger partial charge on any atom is 0.113 e. The minimum absolute atomic E-state index is 0.397. The minimum Gasteiger partial charge on any atom is -0.299 e. The van der Waals surface area contributed by atoms with Crippen LogP contribution in [0.25, 0.3) is 11.0 Å². The lowest BCUT2D eigenvalue weighted by molar-refractivity contribution is 0.107. The van der Waals surface area contributed by atoms with Crippen LogP contribution in [0.1, 0.15) is 18.5 Å². The summed E-state index contributed by atoms with van der Waals surface area (Å²) in [5.41, 5.74) is 2.48. The second-order valence-corrected chi connectivity index (χ2v) is 4.36. The molecule has 0 N–H and O–H groups in total. The molecular formula is C12H13N5. The maximum atomic E-state index is 8.91. The second-order valence-electron chi connectivity index (χ2n) is 4.36. The second kappa shape index (κ2) is 3.82. The normalized spacial score (nSPS) is 16.9. The van der Waals surface area contributed by atoms with Crippen molar-refractivity contribution in [1.29, 1.82) is 5.26 Å². The van der Waals surface area contributed by atoms with Crippen molar-refractivity contribution in [3.8, 4) is 6.07 Å². The predicted octanol–water partition coefficient (Wildman–Crippen LogP) is 1.18. The fourth-order valence-corrected chi connectivity index (χ4v) is 2.23. The van der Waals surface area contributed by atoms with E-state index >= 15 is 0 Å². The SMILES string of the molecule is CCN1CC(n2nnc3ccc(C#N)cc32)C1. The Kier molecular flexibility index (Phi) is 2.30. The van der Waals surface area contributed by atoms with Gasteiger partial charge in [0.2, 0.25) is 0 Å². The number of fused-ring (bicyclic) bond motifs is 1. The largest absolute Gasteiger partial charge is 0.299 e. The predicted molar refractivity (Wildman–Crippen MR) is 63.4 cm³/mol. The van der Waals surface area contributed by atoms with Gasteiger partial charge in [0, 0.05) is 13.1 Å². The number of likely N-dealkylation sites (N-methyl/N-ethyl adjacent to an activating group) is 1. The monoisotopic (exact) mass is 227 g/mol. The molecule has 0 radical (unpaired) electrons. The highest BCUT2D eigenvalue weighted by atomic mass is 15.5. The van der Waals surface area contributed by atoms with Gasteiger partial charge in [0.1, 0.15) is 5.52 Å². The summed E-state index contributed by atoms with van der Waals surface area (Å²) in [5, 5.41) is 17.2. The molecule has 0 spiro atoms. The number of aromatic nitrogens is 3. The van der Waals surface area contributed by atoms with Gasteiger partial charge in [0.25, 0.3) is 0 Å². The van der Waals surface area contributed by atoms with E-state index in [4.69, 9.17) is 5.26 Å². The molecule has 3 rings (SSSR count). The molecule has 1 aliphatic heterocycles. The van der Waals surface area contributed by atoms with Gasteiger partial charge in [0.15, 0.2) is 0 Å². The Labute approximate surface area is 99.2 Å². The van der Waals surface area contributed by atoms with E-state index in [0.717, 1.165) is 30.7 Å². The molecule has 17 heavy (non-hydrogen) atoms. The molecule has 0 atom stereocenters. The van der Waals surface area contributed by atoms with Crippen LogP contribution in [0, 0.1) is 11.3 Å². The molecule has 0 amide bonds. The Morgan fingerprint density at radius 3 is 3.00 bits per heavy atom. The van der Waals surface area contributed by atoms with E-state index in [1.165, 1.54) is 0 Å². The smallest absolute Gasteiger partial charge is 0.113 e. The summed E-state index contributed by atoms with van der Waals surface area (Å²) in [5.74, 6) is 0. The van der Waals surface area contributed by atoms with Gasteiger partial charge in [-0.2, -0.15) is 5.26 Å². The summed E-state index contributed by atoms with van der Waals surface area (Å²) in [4.78, 5) is 2.35. The molecule has 0 bridgehead atoms. The highest BCUT2D eigenvalue weighted by Gasteiger charge is 2.28. The summed E-state index contributed by atoms with van der Waals surface area (Å²) in [7, 11) is 0. The molecule has 2 aromatic rings. The fourth-order valence-electron chi connectivity index (χ4n) is 2.23. The van der Waals surface area contributed by atoms with Crippen LogP contribution in [0.3, 0.4) is 0 Å². The molecule has 0 saturated carbocycles. The van der Waals surface area contributed by atoms with Gasteiger partial charge in [-0.25, -0.2) is 4.68 Å². The zero-order valence-electron chi connectivity index (χ0n) is 9.67. The van der Waals surface area contributed by atoms with Gasteiger partial charge in [-0.1, -0.05) is 12.1 Å². The molecule has 5 heteroatoms. The highest BCUT2D eigenvalue weighted by molar-refractivity contribution is 5.76. The third-order valence-corrected chi connectivity index (χ3v) is 3.33. The van der Waals surface area contributed by atoms with Crippen molar-refractivity contribution in [2.45, 2.75) is 13.0 Å². The number of hydrogen-bond acceptors (Lipinski definition) is 4. The lowest BCUT2D eigenvalue weighted by Gasteiger charge is -2.38. The van der Waals surface area contributed by atoms with Gasteiger partial charge in [0.05, 0.1) is 23.2 Å². The summed E-state index contributed by atoms with van der Waals surface area (Å²) < 4.78 is 1.95. The molecular weight excluding hydrogens is 214 g/mol. The lowest BCUT2D eigenvalue weighted by atomic mass is 10.1. The standard InChI is InChI=1S/C12H13N5/c1-2-16-7-10(8-16)17-12-5-9(6-13)3-4-11(12)14-15-17/h3-5,10H,2,7-8H2,1H3. The molecule has 0 aliphatic carbocycles. The number of nitriles is 1. The fraction of sp³-hybridized carbons (Fsp3) is 0.417. The number of rotatable bonds is 2. The van der Waals surface area contributed by atoms with Crippen LogP contribution in [-0.2, 0) is 0 Å². The third-order valence-electron chi connectivity index (χ3n) is 3.33. The van der Waals surface area contributed by atoms with Crippen molar-refractivity contribution in [2.24, 2.45) is 0 Å². The first-order chi connectivity index (χ1) is 8.31. The summed E-state index contributed by atoms with van der Waals surface area (Å²) in [6, 6.07) is 8.05. The highest BCUT2D eigenvalue weighted by Crippen LogP contribution is 2.24. The van der Waals surface area contributed by atoms with Gasteiger partial charge in [-0.3, -0.25) is 4.90 Å². The van der Waals surface area contributed by atoms with Crippen molar-refractivity contribution in [3.05, 3.63) is 23.8 Å². The quantitative estimate of drug-likeness (QED) is 0.773. The van der Waals surface area contributed by atoms with Crippen LogP contribution >= 0.6 is 0 Å². The van der Waals surface area contributed by atoms with Gasteiger partial charge >= 0.3 is 0 Å². The summed E-state index contributed by atoms with van der Waals surface area (Å²) in [6.45, 7) is 5.27. The number of hydrogen-bond donors (Lipinski definition) is 0. The van der Waals surface area contributed by atoms with Crippen LogP contribution < -0.4 is 0 Å². The Balaban J connectivity index is 1.98. The Morgan fingerprint density at radius 1 is 1.47 bits per heavy atom. The first-order valence-electron chi connectivity index (χ1n) is 5.79. The number of nitrogens with zero attached hydrogens (tertiary/aromatic N) is 5. The van der Waals surface area contributed by atoms with Crippen molar-refractivity contribution >= 4 is 11.0 Å². The van der Waals surface area contributed by atoms with E-state index < -0.39 is 0 Å². The van der Waals surface area contributed by atoms with E-state index in [2.05, 4.69) is 28.2 Å². The maximum absolute atomic E-state index is 8.91. The van der Waals surface area contributed by atoms with Crippen LogP contribution in [0.4, 0.5) is 0 Å². The van der Waals surface area contributed by atoms with Crippen LogP contribution in [-0.4, -0.2) is 39.5 Å². The molecule has 1 aliphatic rings. The topological polar surface area (TPSA) is 57.7 Å². The molecule has 86 valence electrons. The molecule has 2 heterocycles. The van der Waals surface area contributed by atoms with E-state index in [0.29, 0.717) is 11.6 Å². The van der Waals surface area contributed by atoms with Gasteiger partial charge in [-0.15, -0.1) is 5.10 Å². The van der Waals surface area contributed by atoms with Crippen LogP contribution in [0.15, 0.2) is 18.2 Å². The van der Waals surface area contributed by atoms with Crippen LogP contribution in [0.5, 0.6) is 0 Å². The van der Waals surface area contributed by atoms with Gasteiger partial charge in [-0.05, 0) is 24.7 Å². The summed E-state index contributed by atoms with van der Waals surface area (Å²) >= 11 is 0. The third kappa shape index (κ3) is 1.58. The average molecular weight is 227 g/mol. The summed E-state index contributed by atoms with van der Waals surface area (Å²) in [6.07, 6.45) is 0. The Morgan fingerprint density at radius 2 is 2.29 bits per heavy atom. The van der Waals surface area contributed by atoms with Crippen molar-refractivity contribution in [3.63, 3.8) is 0 Å². The first-order valence-corrected chi connectivity index (χ1v) is 5.79. The molecule has 1 fully saturated rings. The van der Waals surface area contributed by atoms with E-state index in [9.17, 15) is 0 Å². The van der Waals surface area contributed by atoms with E-state index in [1.807, 2.05) is 16.8 Å². The van der Waals surface area contributed by atoms with Crippen molar-refractivity contribution < 1.29 is 0 Å². The number of benzene rings is 1. The van der Waals surface area contributed by atoms with Crippen molar-refractivity contribution in [2.75, 3.05) is 19.6 Å². The molecule has 1 aromatic carbocycles. The molecule has 0 unspecified atom stereocenters. The first kappa shape index (κ1) is 10.2. The lowest BCUT2D eigenvalue weighted by Crippen LogP contribution is -2.47. The number of likely N-dealkylation sites (tertiary alicyclic amines) is 1. The van der Waals surface area contributed by atoms with E-state index in [-0.39, 0.29) is 0 Å². The minimum atomic E-state index is 0.397. The molecule has 1 saturated heterocycles. The molecule has 5 nitrogen and oxygen atoms in total. The Bertz CT molecular complexity index is 588. The van der Waals surface area contributed by atoms with E-state index in [1.54, 1.807) is 6.07 Å². The zero-order chi connectivity index (χ0) is 11.8. The average Bonchev–Trinajstić information content (AvgIpc) is 2.71. The van der Waals surface area contributed by atoms with Gasteiger partial charge < -0.3 is 0 Å². The molecule has 1 aromatic heterocycles. The van der Waals surface area contributed by atoms with Crippen molar-refractivity contribution in [1.82, 2.24) is 19.9 Å². The Hall–Kier alpha value is -1.93. The zero-order valence-corrected chi connectivity index (χ0v) is 9.67. The van der Waals surface area contributed by atoms with Crippen LogP contribution in [0.2, 0.25) is 0 Å².